The Morgan fingerprint density at radius 1 is 1.31 bits per heavy atom. The minimum absolute atomic E-state index is 0.107. The van der Waals surface area contributed by atoms with Gasteiger partial charge in [-0.3, -0.25) is 0 Å². The van der Waals surface area contributed by atoms with Gasteiger partial charge in [0, 0.05) is 0 Å². The van der Waals surface area contributed by atoms with Crippen LogP contribution in [0.25, 0.3) is 0 Å². The number of hydrogen-bond acceptors (Lipinski definition) is 5. The lowest BCUT2D eigenvalue weighted by atomic mass is 10.5. The Morgan fingerprint density at radius 2 is 2.12 bits per heavy atom. The fourth-order valence-corrected chi connectivity index (χ4v) is 1.74. The van der Waals surface area contributed by atoms with Crippen LogP contribution in [0, 0.1) is 0 Å². The number of hydrogen-bond donors (Lipinski definition) is 1. The van der Waals surface area contributed by atoms with Crippen LogP contribution in [0.5, 0.6) is 0 Å². The van der Waals surface area contributed by atoms with Crippen LogP contribution in [0.3, 0.4) is 0 Å². The Bertz CT molecular complexity index is 512. The average molecular weight is 257 g/mol. The molecule has 0 radical (unpaired) electrons. The summed E-state index contributed by atoms with van der Waals surface area (Å²) >= 11 is 6.75. The van der Waals surface area contributed by atoms with Gasteiger partial charge in [-0.25, -0.2) is 4.79 Å². The van der Waals surface area contributed by atoms with Crippen molar-refractivity contribution >= 4 is 29.3 Å². The second-order valence-corrected chi connectivity index (χ2v) is 4.13. The van der Waals surface area contributed by atoms with E-state index < -0.39 is 5.97 Å². The van der Waals surface area contributed by atoms with Gasteiger partial charge in [0.1, 0.15) is 5.03 Å². The average Bonchev–Trinajstić information content (AvgIpc) is 2.70. The molecule has 82 valence electrons. The number of carboxylic acid groups (broad SMARTS) is 1. The van der Waals surface area contributed by atoms with Crippen molar-refractivity contribution < 1.29 is 14.3 Å². The van der Waals surface area contributed by atoms with E-state index in [-0.39, 0.29) is 5.76 Å². The van der Waals surface area contributed by atoms with E-state index in [2.05, 4.69) is 10.2 Å². The van der Waals surface area contributed by atoms with Gasteiger partial charge in [0.2, 0.25) is 5.76 Å². The fourth-order valence-electron chi connectivity index (χ4n) is 0.951. The predicted octanol–water partition coefficient (Wildman–Crippen LogP) is 2.57. The van der Waals surface area contributed by atoms with Crippen LogP contribution in [0.15, 0.2) is 38.8 Å². The highest BCUT2D eigenvalue weighted by Crippen LogP contribution is 2.27. The van der Waals surface area contributed by atoms with Crippen molar-refractivity contribution in [1.29, 1.82) is 0 Å². The van der Waals surface area contributed by atoms with Crippen molar-refractivity contribution in [3.05, 3.63) is 35.2 Å². The summed E-state index contributed by atoms with van der Waals surface area (Å²) in [7, 11) is 0. The standard InChI is InChI=1S/C9H5ClN2O3S/c10-6-2-3-7(12-11-6)16-8-4-1-5(15-8)9(13)14/h1-4H,(H,13,14). The number of halogens is 1. The smallest absolute Gasteiger partial charge is 0.371 e. The van der Waals surface area contributed by atoms with Crippen LogP contribution in [0.1, 0.15) is 10.6 Å². The van der Waals surface area contributed by atoms with E-state index in [1.165, 1.54) is 17.8 Å². The molecule has 1 N–H and O–H groups in total. The Labute approximate surface area is 99.4 Å². The van der Waals surface area contributed by atoms with Crippen LogP contribution in [-0.2, 0) is 0 Å². The van der Waals surface area contributed by atoms with Crippen LogP contribution >= 0.6 is 23.4 Å². The molecule has 2 rings (SSSR count). The van der Waals surface area contributed by atoms with Crippen molar-refractivity contribution in [3.8, 4) is 0 Å². The van der Waals surface area contributed by atoms with Gasteiger partial charge in [-0.1, -0.05) is 11.6 Å². The molecule has 0 saturated carbocycles. The Balaban J connectivity index is 2.14. The van der Waals surface area contributed by atoms with Crippen LogP contribution in [0.2, 0.25) is 5.15 Å². The minimum Gasteiger partial charge on any atom is -0.475 e. The van der Waals surface area contributed by atoms with Crippen LogP contribution in [0.4, 0.5) is 0 Å². The molecule has 16 heavy (non-hydrogen) atoms. The molecule has 0 aromatic carbocycles. The molecule has 0 unspecified atom stereocenters. The summed E-state index contributed by atoms with van der Waals surface area (Å²) in [5.74, 6) is -1.21. The third-order valence-corrected chi connectivity index (χ3v) is 2.65. The second-order valence-electron chi connectivity index (χ2n) is 2.72. The molecule has 0 saturated heterocycles. The third kappa shape index (κ3) is 2.53. The zero-order valence-electron chi connectivity index (χ0n) is 7.75. The lowest BCUT2D eigenvalue weighted by Gasteiger charge is -1.95. The van der Waals surface area contributed by atoms with Crippen molar-refractivity contribution in [2.24, 2.45) is 0 Å². The summed E-state index contributed by atoms with van der Waals surface area (Å²) in [6.07, 6.45) is 0. The number of rotatable bonds is 3. The maximum Gasteiger partial charge on any atom is 0.371 e. The van der Waals surface area contributed by atoms with Gasteiger partial charge < -0.3 is 9.52 Å². The highest BCUT2D eigenvalue weighted by Gasteiger charge is 2.10. The van der Waals surface area contributed by atoms with Gasteiger partial charge in [0.25, 0.3) is 0 Å². The van der Waals surface area contributed by atoms with Gasteiger partial charge in [0.15, 0.2) is 10.2 Å². The first-order valence-electron chi connectivity index (χ1n) is 4.15. The highest BCUT2D eigenvalue weighted by molar-refractivity contribution is 7.99. The minimum atomic E-state index is -1.10. The van der Waals surface area contributed by atoms with Crippen molar-refractivity contribution in [1.82, 2.24) is 10.2 Å². The molecular formula is C9H5ClN2O3S. The zero-order valence-corrected chi connectivity index (χ0v) is 9.33. The second kappa shape index (κ2) is 4.54. The predicted molar refractivity (Wildman–Crippen MR) is 56.8 cm³/mol. The molecule has 5 nitrogen and oxygen atoms in total. The van der Waals surface area contributed by atoms with Crippen molar-refractivity contribution in [3.63, 3.8) is 0 Å². The summed E-state index contributed by atoms with van der Waals surface area (Å²) in [6.45, 7) is 0. The summed E-state index contributed by atoms with van der Waals surface area (Å²) in [5.41, 5.74) is 0. The van der Waals surface area contributed by atoms with E-state index in [9.17, 15) is 4.79 Å². The van der Waals surface area contributed by atoms with Gasteiger partial charge in [-0.15, -0.1) is 10.2 Å². The molecule has 0 fully saturated rings. The van der Waals surface area contributed by atoms with E-state index in [0.29, 0.717) is 15.3 Å². The lowest BCUT2D eigenvalue weighted by Crippen LogP contribution is -1.91. The molecule has 7 heteroatoms. The third-order valence-electron chi connectivity index (χ3n) is 1.60. The summed E-state index contributed by atoms with van der Waals surface area (Å²) in [4.78, 5) is 10.6. The Morgan fingerprint density at radius 3 is 2.69 bits per heavy atom. The molecule has 0 spiro atoms. The first-order chi connectivity index (χ1) is 7.65. The van der Waals surface area contributed by atoms with Crippen LogP contribution in [-0.4, -0.2) is 21.3 Å². The molecular weight excluding hydrogens is 252 g/mol. The van der Waals surface area contributed by atoms with E-state index in [1.807, 2.05) is 0 Å². The van der Waals surface area contributed by atoms with Gasteiger partial charge >= 0.3 is 5.97 Å². The van der Waals surface area contributed by atoms with E-state index >= 15 is 0 Å². The van der Waals surface area contributed by atoms with Gasteiger partial charge in [-0.05, 0) is 36.0 Å². The zero-order chi connectivity index (χ0) is 11.5. The molecule has 0 aliphatic carbocycles. The highest BCUT2D eigenvalue weighted by atomic mass is 35.5. The quantitative estimate of drug-likeness (QED) is 0.910. The molecule has 0 aliphatic rings. The molecule has 0 amide bonds. The number of nitrogens with zero attached hydrogens (tertiary/aromatic N) is 2. The SMILES string of the molecule is O=C(O)c1ccc(Sc2ccc(Cl)nn2)o1. The molecule has 0 bridgehead atoms. The molecule has 0 atom stereocenters. The largest absolute Gasteiger partial charge is 0.475 e. The number of aromatic nitrogens is 2. The summed E-state index contributed by atoms with van der Waals surface area (Å²) < 4.78 is 5.04. The molecule has 2 aromatic heterocycles. The van der Waals surface area contributed by atoms with Crippen molar-refractivity contribution in [2.45, 2.75) is 10.1 Å². The van der Waals surface area contributed by atoms with Crippen molar-refractivity contribution in [2.75, 3.05) is 0 Å². The van der Waals surface area contributed by atoms with Gasteiger partial charge in [0.05, 0.1) is 0 Å². The maximum atomic E-state index is 10.6. The Kier molecular flexibility index (Phi) is 3.12. The van der Waals surface area contributed by atoms with Crippen LogP contribution < -0.4 is 0 Å². The van der Waals surface area contributed by atoms with E-state index in [1.54, 1.807) is 18.2 Å². The van der Waals surface area contributed by atoms with E-state index in [4.69, 9.17) is 21.1 Å². The molecule has 2 aromatic rings. The monoisotopic (exact) mass is 256 g/mol. The maximum absolute atomic E-state index is 10.6. The normalized spacial score (nSPS) is 10.3. The van der Waals surface area contributed by atoms with Gasteiger partial charge in [-0.2, -0.15) is 0 Å². The number of aromatic carboxylic acids is 1. The Hall–Kier alpha value is -1.53. The summed E-state index contributed by atoms with van der Waals surface area (Å²) in [6, 6.07) is 6.21. The first kappa shape index (κ1) is 11.0. The fraction of sp³-hybridized carbons (Fsp3) is 0. The lowest BCUT2D eigenvalue weighted by molar-refractivity contribution is 0.0656. The van der Waals surface area contributed by atoms with E-state index in [0.717, 1.165) is 0 Å². The number of carbonyl (C=O) groups is 1. The molecule has 0 aliphatic heterocycles. The number of furan rings is 1. The topological polar surface area (TPSA) is 76.2 Å². The summed E-state index contributed by atoms with van der Waals surface area (Å²) in [5, 5.41) is 17.4. The number of carboxylic acids is 1. The molecule has 2 heterocycles. The first-order valence-corrected chi connectivity index (χ1v) is 5.35.